The average Bonchev–Trinajstić information content (AvgIpc) is 2.39. The highest BCUT2D eigenvalue weighted by Crippen LogP contribution is 2.14. The van der Waals surface area contributed by atoms with Crippen molar-refractivity contribution in [1.29, 1.82) is 0 Å². The van der Waals surface area contributed by atoms with Gasteiger partial charge in [0.25, 0.3) is 0 Å². The Labute approximate surface area is 115 Å². The maximum Gasteiger partial charge on any atom is 0.241 e. The summed E-state index contributed by atoms with van der Waals surface area (Å²) in [6.07, 6.45) is 3.23. The number of nitrogens with zero attached hydrogens (tertiary/aromatic N) is 1. The molecule has 1 atom stereocenters. The molecule has 1 unspecified atom stereocenters. The summed E-state index contributed by atoms with van der Waals surface area (Å²) in [4.78, 5) is 14.2. The second kappa shape index (κ2) is 6.68. The molecule has 0 radical (unpaired) electrons. The van der Waals surface area contributed by atoms with Gasteiger partial charge < -0.3 is 15.5 Å². The maximum atomic E-state index is 12.1. The van der Waals surface area contributed by atoms with Crippen LogP contribution in [0.25, 0.3) is 0 Å². The Bertz CT molecular complexity index is 425. The van der Waals surface area contributed by atoms with E-state index in [0.29, 0.717) is 0 Å². The molecule has 0 bridgehead atoms. The molecule has 0 aliphatic carbocycles. The Balaban J connectivity index is 1.96. The fraction of sp³-hybridized carbons (Fsp3) is 0.533. The number of benzene rings is 1. The van der Waals surface area contributed by atoms with Gasteiger partial charge in [0.1, 0.15) is 0 Å². The van der Waals surface area contributed by atoms with Gasteiger partial charge in [0.2, 0.25) is 5.91 Å². The van der Waals surface area contributed by atoms with Crippen LogP contribution in [0.4, 0.5) is 5.69 Å². The smallest absolute Gasteiger partial charge is 0.241 e. The average molecular weight is 261 g/mol. The largest absolute Gasteiger partial charge is 0.325 e. The third kappa shape index (κ3) is 4.33. The van der Waals surface area contributed by atoms with Crippen LogP contribution in [0, 0.1) is 0 Å². The maximum absolute atomic E-state index is 12.1. The molecule has 0 saturated carbocycles. The molecule has 1 aliphatic heterocycles. The van der Waals surface area contributed by atoms with E-state index >= 15 is 0 Å². The summed E-state index contributed by atoms with van der Waals surface area (Å²) in [5, 5.41) is 6.27. The first-order valence-electron chi connectivity index (χ1n) is 6.93. The van der Waals surface area contributed by atoms with Crippen molar-refractivity contribution < 1.29 is 4.79 Å². The molecule has 4 heteroatoms. The van der Waals surface area contributed by atoms with E-state index in [-0.39, 0.29) is 11.9 Å². The predicted octanol–water partition coefficient (Wildman–Crippen LogP) is 1.83. The van der Waals surface area contributed by atoms with Crippen LogP contribution in [0.5, 0.6) is 0 Å². The van der Waals surface area contributed by atoms with Crippen LogP contribution in [-0.2, 0) is 11.3 Å². The summed E-state index contributed by atoms with van der Waals surface area (Å²) < 4.78 is 0. The van der Waals surface area contributed by atoms with Gasteiger partial charge in [-0.15, -0.1) is 0 Å². The van der Waals surface area contributed by atoms with Crippen molar-refractivity contribution in [2.45, 2.75) is 31.8 Å². The summed E-state index contributed by atoms with van der Waals surface area (Å²) in [6.45, 7) is 1.82. The molecule has 0 aromatic heterocycles. The molecular weight excluding hydrogens is 238 g/mol. The van der Waals surface area contributed by atoms with Crippen molar-refractivity contribution in [1.82, 2.24) is 10.2 Å². The standard InChI is InChI=1S/C15H23N3O/c1-18(2)11-12-6-5-7-13(10-12)17-15(19)14-8-3-4-9-16-14/h5-7,10,14,16H,3-4,8-9,11H2,1-2H3,(H,17,19). The zero-order chi connectivity index (χ0) is 13.7. The minimum atomic E-state index is -0.0359. The Hall–Kier alpha value is -1.39. The Morgan fingerprint density at radius 2 is 2.26 bits per heavy atom. The lowest BCUT2D eigenvalue weighted by atomic mass is 10.0. The number of piperidine rings is 1. The van der Waals surface area contributed by atoms with Crippen LogP contribution in [0.2, 0.25) is 0 Å². The van der Waals surface area contributed by atoms with E-state index < -0.39 is 0 Å². The van der Waals surface area contributed by atoms with Gasteiger partial charge in [0.05, 0.1) is 6.04 Å². The number of amides is 1. The van der Waals surface area contributed by atoms with Gasteiger partial charge in [0, 0.05) is 12.2 Å². The molecule has 1 saturated heterocycles. The van der Waals surface area contributed by atoms with E-state index in [9.17, 15) is 4.79 Å². The monoisotopic (exact) mass is 261 g/mol. The first-order valence-corrected chi connectivity index (χ1v) is 6.93. The summed E-state index contributed by atoms with van der Waals surface area (Å²) in [7, 11) is 4.08. The zero-order valence-electron chi connectivity index (χ0n) is 11.8. The van der Waals surface area contributed by atoms with Crippen LogP contribution in [0.3, 0.4) is 0 Å². The minimum absolute atomic E-state index is 0.0359. The normalized spacial score (nSPS) is 19.4. The first kappa shape index (κ1) is 14.0. The van der Waals surface area contributed by atoms with Crippen LogP contribution < -0.4 is 10.6 Å². The third-order valence-electron chi connectivity index (χ3n) is 3.32. The fourth-order valence-corrected chi connectivity index (χ4v) is 2.42. The molecule has 1 amide bonds. The van der Waals surface area contributed by atoms with Crippen molar-refractivity contribution in [3.8, 4) is 0 Å². The van der Waals surface area contributed by atoms with Crippen LogP contribution in [0.1, 0.15) is 24.8 Å². The molecule has 2 rings (SSSR count). The molecule has 1 heterocycles. The number of anilines is 1. The fourth-order valence-electron chi connectivity index (χ4n) is 2.42. The Kier molecular flexibility index (Phi) is 4.93. The highest BCUT2D eigenvalue weighted by atomic mass is 16.2. The number of rotatable bonds is 4. The van der Waals surface area contributed by atoms with Gasteiger partial charge in [-0.1, -0.05) is 18.6 Å². The van der Waals surface area contributed by atoms with E-state index in [1.807, 2.05) is 32.3 Å². The van der Waals surface area contributed by atoms with Crippen LogP contribution in [0.15, 0.2) is 24.3 Å². The van der Waals surface area contributed by atoms with Gasteiger partial charge in [0.15, 0.2) is 0 Å². The molecule has 2 N–H and O–H groups in total. The highest BCUT2D eigenvalue weighted by molar-refractivity contribution is 5.94. The highest BCUT2D eigenvalue weighted by Gasteiger charge is 2.20. The number of nitrogens with one attached hydrogen (secondary N) is 2. The molecular formula is C15H23N3O. The Morgan fingerprint density at radius 1 is 1.42 bits per heavy atom. The molecule has 104 valence electrons. The van der Waals surface area contributed by atoms with Crippen molar-refractivity contribution >= 4 is 11.6 Å². The van der Waals surface area contributed by atoms with E-state index in [1.54, 1.807) is 0 Å². The van der Waals surface area contributed by atoms with Crippen LogP contribution >= 0.6 is 0 Å². The second-order valence-corrected chi connectivity index (χ2v) is 5.43. The quantitative estimate of drug-likeness (QED) is 0.869. The Morgan fingerprint density at radius 3 is 2.95 bits per heavy atom. The van der Waals surface area contributed by atoms with Crippen molar-refractivity contribution in [2.75, 3.05) is 26.0 Å². The molecule has 0 spiro atoms. The number of carbonyl (C=O) groups excluding carboxylic acids is 1. The summed E-state index contributed by atoms with van der Waals surface area (Å²) in [6, 6.07) is 8.02. The minimum Gasteiger partial charge on any atom is -0.325 e. The van der Waals surface area contributed by atoms with E-state index in [4.69, 9.17) is 0 Å². The lowest BCUT2D eigenvalue weighted by molar-refractivity contribution is -0.118. The van der Waals surface area contributed by atoms with Gasteiger partial charge >= 0.3 is 0 Å². The summed E-state index contributed by atoms with van der Waals surface area (Å²) in [5.41, 5.74) is 2.09. The van der Waals surface area contributed by atoms with E-state index in [2.05, 4.69) is 21.6 Å². The SMILES string of the molecule is CN(C)Cc1cccc(NC(=O)C2CCCCN2)c1. The molecule has 4 nitrogen and oxygen atoms in total. The lowest BCUT2D eigenvalue weighted by Gasteiger charge is -2.22. The zero-order valence-corrected chi connectivity index (χ0v) is 11.8. The summed E-state index contributed by atoms with van der Waals surface area (Å²) >= 11 is 0. The topological polar surface area (TPSA) is 44.4 Å². The number of carbonyl (C=O) groups is 1. The number of hydrogen-bond acceptors (Lipinski definition) is 3. The van der Waals surface area contributed by atoms with Gasteiger partial charge in [-0.05, 0) is 51.2 Å². The summed E-state index contributed by atoms with van der Waals surface area (Å²) in [5.74, 6) is 0.0849. The van der Waals surface area contributed by atoms with E-state index in [1.165, 1.54) is 12.0 Å². The first-order chi connectivity index (χ1) is 9.15. The van der Waals surface area contributed by atoms with Gasteiger partial charge in [-0.25, -0.2) is 0 Å². The lowest BCUT2D eigenvalue weighted by Crippen LogP contribution is -2.43. The second-order valence-electron chi connectivity index (χ2n) is 5.43. The number of hydrogen-bond donors (Lipinski definition) is 2. The van der Waals surface area contributed by atoms with Crippen LogP contribution in [-0.4, -0.2) is 37.5 Å². The van der Waals surface area contributed by atoms with Crippen molar-refractivity contribution in [2.24, 2.45) is 0 Å². The molecule has 1 aromatic carbocycles. The van der Waals surface area contributed by atoms with Crippen molar-refractivity contribution in [3.63, 3.8) is 0 Å². The predicted molar refractivity (Wildman–Crippen MR) is 78.1 cm³/mol. The molecule has 1 fully saturated rings. The molecule has 1 aromatic rings. The van der Waals surface area contributed by atoms with Crippen molar-refractivity contribution in [3.05, 3.63) is 29.8 Å². The van der Waals surface area contributed by atoms with Gasteiger partial charge in [-0.3, -0.25) is 4.79 Å². The third-order valence-corrected chi connectivity index (χ3v) is 3.32. The van der Waals surface area contributed by atoms with E-state index in [0.717, 1.165) is 31.6 Å². The van der Waals surface area contributed by atoms with Gasteiger partial charge in [-0.2, -0.15) is 0 Å². The molecule has 1 aliphatic rings. The molecule has 19 heavy (non-hydrogen) atoms.